The molecule has 1 amide bonds. The van der Waals surface area contributed by atoms with Crippen molar-refractivity contribution < 1.29 is 4.79 Å². The van der Waals surface area contributed by atoms with E-state index in [1.54, 1.807) is 12.4 Å². The van der Waals surface area contributed by atoms with Crippen molar-refractivity contribution in [1.29, 1.82) is 0 Å². The molecule has 0 saturated heterocycles. The molecule has 3 fully saturated rings. The highest BCUT2D eigenvalue weighted by molar-refractivity contribution is 9.24. The molecule has 3 unspecified atom stereocenters. The highest BCUT2D eigenvalue weighted by Gasteiger charge is 2.83. The number of halogens is 3. The highest BCUT2D eigenvalue weighted by atomic mass is 79.9. The molecule has 0 radical (unpaired) electrons. The van der Waals surface area contributed by atoms with Gasteiger partial charge >= 0.3 is 0 Å². The molecule has 2 bridgehead atoms. The summed E-state index contributed by atoms with van der Waals surface area (Å²) in [6.07, 6.45) is 5.31. The van der Waals surface area contributed by atoms with E-state index in [0.29, 0.717) is 0 Å². The van der Waals surface area contributed by atoms with E-state index in [1.165, 1.54) is 0 Å². The predicted octanol–water partition coefficient (Wildman–Crippen LogP) is 4.71. The van der Waals surface area contributed by atoms with Gasteiger partial charge in [-0.15, -0.1) is 0 Å². The quantitative estimate of drug-likeness (QED) is 0.637. The number of fused-ring (bicyclic) bond motifs is 1. The van der Waals surface area contributed by atoms with Gasteiger partial charge in [0, 0.05) is 16.4 Å². The number of pyridine rings is 1. The van der Waals surface area contributed by atoms with Gasteiger partial charge in [-0.2, -0.15) is 0 Å². The van der Waals surface area contributed by atoms with Crippen LogP contribution in [0.3, 0.4) is 0 Å². The van der Waals surface area contributed by atoms with E-state index >= 15 is 0 Å². The molecule has 6 heteroatoms. The van der Waals surface area contributed by atoms with Crippen LogP contribution >= 0.6 is 47.8 Å². The summed E-state index contributed by atoms with van der Waals surface area (Å²) in [5, 5.41) is 3.04. The zero-order valence-corrected chi connectivity index (χ0v) is 16.6. The van der Waals surface area contributed by atoms with Gasteiger partial charge in [-0.3, -0.25) is 9.78 Å². The molecular weight excluding hydrogens is 464 g/mol. The number of alkyl halides is 3. The molecule has 0 spiro atoms. The van der Waals surface area contributed by atoms with Gasteiger partial charge < -0.3 is 5.32 Å². The zero-order chi connectivity index (χ0) is 15.5. The van der Waals surface area contributed by atoms with Crippen molar-refractivity contribution in [3.63, 3.8) is 0 Å². The van der Waals surface area contributed by atoms with Gasteiger partial charge in [-0.25, -0.2) is 0 Å². The molecule has 21 heavy (non-hydrogen) atoms. The number of carbonyl (C=O) groups is 1. The summed E-state index contributed by atoms with van der Waals surface area (Å²) in [6.45, 7) is 4.41. The van der Waals surface area contributed by atoms with Crippen molar-refractivity contribution in [3.8, 4) is 0 Å². The van der Waals surface area contributed by atoms with Gasteiger partial charge in [0.1, 0.15) is 0 Å². The first-order valence-electron chi connectivity index (χ1n) is 6.94. The molecule has 1 aromatic rings. The number of nitrogens with zero attached hydrogens (tertiary/aromatic N) is 1. The van der Waals surface area contributed by atoms with Crippen LogP contribution in [0, 0.1) is 16.2 Å². The Balaban J connectivity index is 1.91. The lowest BCUT2D eigenvalue weighted by atomic mass is 9.43. The van der Waals surface area contributed by atoms with Gasteiger partial charge in [0.2, 0.25) is 5.91 Å². The number of carbonyl (C=O) groups excluding carboxylic acids is 1. The average Bonchev–Trinajstić information content (AvgIpc) is 2.89. The Bertz CT molecular complexity index is 578. The second-order valence-corrected chi connectivity index (χ2v) is 10.5. The van der Waals surface area contributed by atoms with Crippen LogP contribution in [-0.4, -0.2) is 19.5 Å². The second-order valence-electron chi connectivity index (χ2n) is 6.50. The molecule has 0 aromatic carbocycles. The second kappa shape index (κ2) is 5.03. The fourth-order valence-corrected chi connectivity index (χ4v) is 9.29. The highest BCUT2D eigenvalue weighted by Crippen LogP contribution is 2.82. The monoisotopic (exact) mass is 478 g/mol. The van der Waals surface area contributed by atoms with Crippen LogP contribution in [0.25, 0.3) is 0 Å². The van der Waals surface area contributed by atoms with E-state index < -0.39 is 0 Å². The molecule has 4 rings (SSSR count). The molecule has 3 nitrogen and oxygen atoms in total. The van der Waals surface area contributed by atoms with E-state index in [1.807, 2.05) is 12.1 Å². The summed E-state index contributed by atoms with van der Waals surface area (Å²) in [7, 11) is 0. The fraction of sp³-hybridized carbons (Fsp3) is 0.600. The van der Waals surface area contributed by atoms with Crippen LogP contribution < -0.4 is 5.32 Å². The number of hydrogen-bond acceptors (Lipinski definition) is 2. The van der Waals surface area contributed by atoms with Gasteiger partial charge in [0.05, 0.1) is 21.0 Å². The maximum Gasteiger partial charge on any atom is 0.232 e. The Hall–Kier alpha value is 0.0600. The molecule has 1 N–H and O–H groups in total. The first-order valence-corrected chi connectivity index (χ1v) is 9.69. The van der Waals surface area contributed by atoms with Gasteiger partial charge in [0.15, 0.2) is 0 Å². The van der Waals surface area contributed by atoms with Crippen LogP contribution in [0.15, 0.2) is 24.5 Å². The molecule has 3 aliphatic rings. The Kier molecular flexibility index (Phi) is 3.82. The first-order chi connectivity index (χ1) is 9.80. The van der Waals surface area contributed by atoms with Crippen LogP contribution in [0.2, 0.25) is 0 Å². The molecular formula is C15H17Br3N2O. The van der Waals surface area contributed by atoms with Crippen molar-refractivity contribution in [2.75, 3.05) is 5.32 Å². The number of amides is 1. The molecule has 0 aliphatic heterocycles. The van der Waals surface area contributed by atoms with E-state index in [2.05, 4.69) is 71.9 Å². The molecule has 114 valence electrons. The maximum absolute atomic E-state index is 13.0. The molecule has 1 heterocycles. The Morgan fingerprint density at radius 1 is 1.43 bits per heavy atom. The average molecular weight is 481 g/mol. The maximum atomic E-state index is 13.0. The normalized spacial score (nSPS) is 36.4. The standard InChI is InChI=1S/C15H17Br3N2O/c1-13(2)14(11(17)18)5-6-15(13,10(14)16)12(21)20-9-4-3-7-19-8-9/h3-4,7-8,10-11H,5-6H2,1-2H3,(H,20,21). The Labute approximate surface area is 150 Å². The zero-order valence-electron chi connectivity index (χ0n) is 11.9. The van der Waals surface area contributed by atoms with Crippen molar-refractivity contribution in [1.82, 2.24) is 4.98 Å². The van der Waals surface area contributed by atoms with E-state index in [-0.39, 0.29) is 30.7 Å². The van der Waals surface area contributed by atoms with Crippen molar-refractivity contribution in [2.45, 2.75) is 35.3 Å². The predicted molar refractivity (Wildman–Crippen MR) is 95.1 cm³/mol. The number of nitrogens with one attached hydrogen (secondary N) is 1. The molecule has 3 saturated carbocycles. The minimum Gasteiger partial charge on any atom is -0.324 e. The minimum absolute atomic E-state index is 0.0548. The van der Waals surface area contributed by atoms with Crippen molar-refractivity contribution in [2.24, 2.45) is 16.2 Å². The van der Waals surface area contributed by atoms with Crippen LogP contribution in [0.1, 0.15) is 26.7 Å². The fourth-order valence-electron chi connectivity index (χ4n) is 4.38. The number of rotatable bonds is 3. The third-order valence-electron chi connectivity index (χ3n) is 5.81. The van der Waals surface area contributed by atoms with Gasteiger partial charge in [-0.1, -0.05) is 61.6 Å². The molecule has 3 atom stereocenters. The van der Waals surface area contributed by atoms with Crippen LogP contribution in [-0.2, 0) is 4.79 Å². The lowest BCUT2D eigenvalue weighted by Crippen LogP contribution is -2.71. The molecule has 1 aromatic heterocycles. The minimum atomic E-state index is -0.372. The Morgan fingerprint density at radius 2 is 2.14 bits per heavy atom. The third kappa shape index (κ3) is 1.75. The van der Waals surface area contributed by atoms with Crippen LogP contribution in [0.4, 0.5) is 5.69 Å². The van der Waals surface area contributed by atoms with Crippen molar-refractivity contribution in [3.05, 3.63) is 24.5 Å². The van der Waals surface area contributed by atoms with Crippen LogP contribution in [0.5, 0.6) is 0 Å². The number of anilines is 1. The summed E-state index contributed by atoms with van der Waals surface area (Å²) in [5.41, 5.74) is 0.353. The summed E-state index contributed by atoms with van der Waals surface area (Å²) >= 11 is 11.2. The third-order valence-corrected chi connectivity index (χ3v) is 9.04. The summed E-state index contributed by atoms with van der Waals surface area (Å²) < 4.78 is 0.193. The largest absolute Gasteiger partial charge is 0.324 e. The summed E-state index contributed by atoms with van der Waals surface area (Å²) in [6, 6.07) is 3.70. The van der Waals surface area contributed by atoms with Gasteiger partial charge in [0.25, 0.3) is 0 Å². The first kappa shape index (κ1) is 15.9. The summed E-state index contributed by atoms with van der Waals surface area (Å²) in [4.78, 5) is 17.2. The van der Waals surface area contributed by atoms with Gasteiger partial charge in [-0.05, 0) is 30.4 Å². The lowest BCUT2D eigenvalue weighted by molar-refractivity contribution is -0.155. The lowest BCUT2D eigenvalue weighted by Gasteiger charge is -2.66. The molecule has 3 aliphatic carbocycles. The number of hydrogen-bond donors (Lipinski definition) is 1. The van der Waals surface area contributed by atoms with Crippen molar-refractivity contribution >= 4 is 59.4 Å². The number of aromatic nitrogens is 1. The van der Waals surface area contributed by atoms with E-state index in [4.69, 9.17) is 0 Å². The Morgan fingerprint density at radius 3 is 2.62 bits per heavy atom. The van der Waals surface area contributed by atoms with E-state index in [9.17, 15) is 4.79 Å². The SMILES string of the molecule is CC1(C)C2(C(=O)Nc3cccnc3)CCC1(C(Br)Br)C2Br. The smallest absolute Gasteiger partial charge is 0.232 e. The van der Waals surface area contributed by atoms with E-state index in [0.717, 1.165) is 18.5 Å². The summed E-state index contributed by atoms with van der Waals surface area (Å²) in [5.74, 6) is 0.0937. The topological polar surface area (TPSA) is 42.0 Å².